The number of halogens is 3. The van der Waals surface area contributed by atoms with Crippen molar-refractivity contribution >= 4 is 11.0 Å². The van der Waals surface area contributed by atoms with Gasteiger partial charge in [-0.3, -0.25) is 0 Å². The molecule has 1 aromatic heterocycles. The highest BCUT2D eigenvalue weighted by Crippen LogP contribution is 2.24. The summed E-state index contributed by atoms with van der Waals surface area (Å²) in [5, 5.41) is 0. The Hall–Kier alpha value is -0.980. The molecule has 0 bridgehead atoms. The first-order chi connectivity index (χ1) is 9.24. The third-order valence-electron chi connectivity index (χ3n) is 3.83. The number of aromatic nitrogens is 2. The van der Waals surface area contributed by atoms with Gasteiger partial charge in [0, 0.05) is 6.42 Å². The number of hydrogen-bond acceptors (Lipinski definition) is 0. The van der Waals surface area contributed by atoms with E-state index >= 15 is 0 Å². The van der Waals surface area contributed by atoms with E-state index in [0.717, 1.165) is 37.1 Å². The summed E-state index contributed by atoms with van der Waals surface area (Å²) in [5.41, 5.74) is 1.16. The van der Waals surface area contributed by atoms with Gasteiger partial charge in [0.2, 0.25) is 11.3 Å². The fourth-order valence-electron chi connectivity index (χ4n) is 2.99. The largest absolute Gasteiger partial charge is 1.00 e. The minimum atomic E-state index is -0.786. The second-order valence-electron chi connectivity index (χ2n) is 5.01. The summed E-state index contributed by atoms with van der Waals surface area (Å²) < 4.78 is 31.6. The first-order valence-electron chi connectivity index (χ1n) is 6.74. The van der Waals surface area contributed by atoms with Gasteiger partial charge in [-0.05, 0) is 31.4 Å². The van der Waals surface area contributed by atoms with E-state index in [1.54, 1.807) is 12.1 Å². The summed E-state index contributed by atoms with van der Waals surface area (Å²) in [6, 6.07) is 2.90. The molecule has 108 valence electrons. The highest BCUT2D eigenvalue weighted by Gasteiger charge is 2.29. The van der Waals surface area contributed by atoms with E-state index in [9.17, 15) is 8.78 Å². The van der Waals surface area contributed by atoms with Crippen LogP contribution >= 0.6 is 0 Å². The van der Waals surface area contributed by atoms with E-state index in [2.05, 4.69) is 11.1 Å². The van der Waals surface area contributed by atoms with Gasteiger partial charge in [-0.15, -0.1) is 0 Å². The summed E-state index contributed by atoms with van der Waals surface area (Å²) in [6.45, 7) is 5.11. The van der Waals surface area contributed by atoms with Crippen molar-refractivity contribution < 1.29 is 37.3 Å². The van der Waals surface area contributed by atoms with Crippen LogP contribution in [0.4, 0.5) is 8.78 Å². The zero-order valence-electron chi connectivity index (χ0n) is 11.2. The molecule has 0 amide bonds. The molecule has 0 fully saturated rings. The van der Waals surface area contributed by atoms with E-state index < -0.39 is 11.6 Å². The molecular weight excluding hydrogens is 373 g/mol. The number of nitrogens with zero attached hydrogens (tertiary/aromatic N) is 2. The molecular formula is C15H17F2IN2. The monoisotopic (exact) mass is 390 g/mol. The number of hydrogen-bond donors (Lipinski definition) is 0. The van der Waals surface area contributed by atoms with E-state index in [-0.39, 0.29) is 24.0 Å². The number of aryl methyl sites for hydroxylation is 1. The lowest BCUT2D eigenvalue weighted by atomic mass is 10.2. The third kappa shape index (κ3) is 2.36. The Kier molecular flexibility index (Phi) is 4.78. The zero-order valence-corrected chi connectivity index (χ0v) is 13.4. The van der Waals surface area contributed by atoms with Gasteiger partial charge in [0.05, 0.1) is 6.54 Å². The van der Waals surface area contributed by atoms with Crippen LogP contribution in [0.1, 0.15) is 25.1 Å². The van der Waals surface area contributed by atoms with Crippen LogP contribution in [-0.4, -0.2) is 4.57 Å². The maximum absolute atomic E-state index is 14.1. The fraction of sp³-hybridized carbons (Fsp3) is 0.400. The average Bonchev–Trinajstić information content (AvgIpc) is 2.57. The molecule has 0 unspecified atom stereocenters. The van der Waals surface area contributed by atoms with E-state index in [4.69, 9.17) is 0 Å². The van der Waals surface area contributed by atoms with Crippen LogP contribution in [0, 0.1) is 11.6 Å². The molecule has 2 aromatic rings. The molecule has 1 aliphatic rings. The molecule has 1 aliphatic heterocycles. The molecule has 2 nitrogen and oxygen atoms in total. The van der Waals surface area contributed by atoms with Crippen LogP contribution in [0.5, 0.6) is 0 Å². The van der Waals surface area contributed by atoms with Gasteiger partial charge in [0.25, 0.3) is 5.82 Å². The van der Waals surface area contributed by atoms with E-state index in [0.29, 0.717) is 12.1 Å². The van der Waals surface area contributed by atoms with Crippen LogP contribution in [-0.2, 0) is 19.5 Å². The third-order valence-corrected chi connectivity index (χ3v) is 3.83. The van der Waals surface area contributed by atoms with Crippen molar-refractivity contribution in [2.24, 2.45) is 0 Å². The maximum atomic E-state index is 14.1. The predicted octanol–water partition coefficient (Wildman–Crippen LogP) is 0.123. The van der Waals surface area contributed by atoms with Crippen molar-refractivity contribution in [3.8, 4) is 0 Å². The van der Waals surface area contributed by atoms with Crippen LogP contribution in [0.15, 0.2) is 24.8 Å². The molecule has 0 N–H and O–H groups in total. The summed E-state index contributed by atoms with van der Waals surface area (Å²) in [7, 11) is 0. The molecule has 0 radical (unpaired) electrons. The molecule has 20 heavy (non-hydrogen) atoms. The number of imidazole rings is 1. The molecule has 0 atom stereocenters. The molecule has 0 spiro atoms. The van der Waals surface area contributed by atoms with Crippen molar-refractivity contribution in [3.05, 3.63) is 42.2 Å². The zero-order chi connectivity index (χ0) is 13.4. The van der Waals surface area contributed by atoms with E-state index in [1.807, 2.05) is 4.57 Å². The molecule has 5 heteroatoms. The van der Waals surface area contributed by atoms with Crippen molar-refractivity contribution in [3.63, 3.8) is 0 Å². The maximum Gasteiger partial charge on any atom is 0.257 e. The number of benzene rings is 1. The molecule has 0 saturated heterocycles. The van der Waals surface area contributed by atoms with Gasteiger partial charge in [-0.1, -0.05) is 12.7 Å². The molecule has 0 saturated carbocycles. The molecule has 0 aliphatic carbocycles. The van der Waals surface area contributed by atoms with Crippen LogP contribution in [0.2, 0.25) is 0 Å². The van der Waals surface area contributed by atoms with Crippen molar-refractivity contribution in [2.45, 2.75) is 38.8 Å². The summed E-state index contributed by atoms with van der Waals surface area (Å²) in [4.78, 5) is 0. The second-order valence-corrected chi connectivity index (χ2v) is 5.01. The van der Waals surface area contributed by atoms with Gasteiger partial charge in [0.1, 0.15) is 6.54 Å². The Morgan fingerprint density at radius 3 is 2.80 bits per heavy atom. The van der Waals surface area contributed by atoms with Gasteiger partial charge in [-0.25, -0.2) is 13.5 Å². The number of fused-ring (bicyclic) bond motifs is 3. The van der Waals surface area contributed by atoms with Gasteiger partial charge in [-0.2, -0.15) is 4.39 Å². The van der Waals surface area contributed by atoms with Crippen LogP contribution in [0.3, 0.4) is 0 Å². The van der Waals surface area contributed by atoms with Gasteiger partial charge in [0.15, 0.2) is 11.3 Å². The highest BCUT2D eigenvalue weighted by atomic mass is 127. The Morgan fingerprint density at radius 1 is 1.25 bits per heavy atom. The smallest absolute Gasteiger partial charge is 0.257 e. The van der Waals surface area contributed by atoms with Crippen LogP contribution in [0.25, 0.3) is 11.0 Å². The van der Waals surface area contributed by atoms with Crippen molar-refractivity contribution in [1.29, 1.82) is 0 Å². The molecule has 3 rings (SSSR count). The minimum Gasteiger partial charge on any atom is -1.00 e. The Balaban J connectivity index is 0.00000147. The lowest BCUT2D eigenvalue weighted by Gasteiger charge is -1.99. The predicted molar refractivity (Wildman–Crippen MR) is 69.8 cm³/mol. The SMILES string of the molecule is C=CC[n+]1c2n(c3ccc(F)c(F)c31)CCCCC2.[I-]. The molecule has 2 heterocycles. The van der Waals surface area contributed by atoms with Gasteiger partial charge >= 0.3 is 0 Å². The number of allylic oxidation sites excluding steroid dienone is 1. The summed E-state index contributed by atoms with van der Waals surface area (Å²) >= 11 is 0. The normalized spacial score (nSPS) is 14.5. The lowest BCUT2D eigenvalue weighted by Crippen LogP contribution is -3.00. The fourth-order valence-corrected chi connectivity index (χ4v) is 2.99. The van der Waals surface area contributed by atoms with Crippen molar-refractivity contribution in [1.82, 2.24) is 4.57 Å². The quantitative estimate of drug-likeness (QED) is 0.392. The lowest BCUT2D eigenvalue weighted by molar-refractivity contribution is -0.670. The Labute approximate surface area is 134 Å². The number of rotatable bonds is 2. The first-order valence-corrected chi connectivity index (χ1v) is 6.74. The van der Waals surface area contributed by atoms with E-state index in [1.165, 1.54) is 12.5 Å². The standard InChI is InChI=1S/C15H17F2N2.HI/c1-2-9-19-13-6-4-3-5-10-18(13)12-8-7-11(16)14(17)15(12)19;/h2,7-8H,1,3-6,9-10H2;1H/q+1;/p-1. The van der Waals surface area contributed by atoms with Crippen LogP contribution < -0.4 is 28.5 Å². The van der Waals surface area contributed by atoms with Gasteiger partial charge < -0.3 is 24.0 Å². The summed E-state index contributed by atoms with van der Waals surface area (Å²) in [6.07, 6.45) is 6.00. The first kappa shape index (κ1) is 15.4. The Bertz CT molecular complexity index is 649. The highest BCUT2D eigenvalue weighted by molar-refractivity contribution is 5.73. The topological polar surface area (TPSA) is 8.81 Å². The summed E-state index contributed by atoms with van der Waals surface area (Å²) in [5.74, 6) is -0.456. The Morgan fingerprint density at radius 2 is 2.05 bits per heavy atom. The molecule has 1 aromatic carbocycles. The minimum absolute atomic E-state index is 0. The second kappa shape index (κ2) is 6.20. The average molecular weight is 390 g/mol. The van der Waals surface area contributed by atoms with Crippen molar-refractivity contribution in [2.75, 3.05) is 0 Å².